The van der Waals surface area contributed by atoms with Gasteiger partial charge >= 0.3 is 0 Å². The first kappa shape index (κ1) is 14.6. The molecule has 0 amide bonds. The largest absolute Gasteiger partial charge is 0.330 e. The zero-order chi connectivity index (χ0) is 11.7. The van der Waals surface area contributed by atoms with Crippen LogP contribution in [0.2, 0.25) is 0 Å². The van der Waals surface area contributed by atoms with Crippen molar-refractivity contribution < 1.29 is 0 Å². The summed E-state index contributed by atoms with van der Waals surface area (Å²) in [4.78, 5) is 2.77. The minimum Gasteiger partial charge on any atom is -0.330 e. The highest BCUT2D eigenvalue weighted by Gasteiger charge is 2.38. The van der Waals surface area contributed by atoms with E-state index in [1.807, 2.05) is 0 Å². The van der Waals surface area contributed by atoms with Gasteiger partial charge in [-0.3, -0.25) is 4.90 Å². The first-order chi connectivity index (χ1) is 8.36. The number of nitrogens with one attached hydrogen (secondary N) is 1. The molecule has 0 aromatic heterocycles. The van der Waals surface area contributed by atoms with Crippen LogP contribution in [0.3, 0.4) is 0 Å². The van der Waals surface area contributed by atoms with E-state index in [2.05, 4.69) is 10.2 Å². The van der Waals surface area contributed by atoms with E-state index in [1.165, 1.54) is 58.3 Å². The Kier molecular flexibility index (Phi) is 5.31. The minimum absolute atomic E-state index is 0. The third-order valence-corrected chi connectivity index (χ3v) is 5.28. The quantitative estimate of drug-likeness (QED) is 0.818. The molecule has 3 nitrogen and oxygen atoms in total. The fourth-order valence-corrected chi connectivity index (χ4v) is 4.28. The Hall–Kier alpha value is 0.170. The van der Waals surface area contributed by atoms with Crippen LogP contribution in [0.1, 0.15) is 32.1 Å². The maximum absolute atomic E-state index is 5.84. The van der Waals surface area contributed by atoms with Crippen molar-refractivity contribution in [3.05, 3.63) is 0 Å². The van der Waals surface area contributed by atoms with Gasteiger partial charge in [-0.2, -0.15) is 0 Å². The maximum Gasteiger partial charge on any atom is 0.0261 e. The predicted octanol–water partition coefficient (Wildman–Crippen LogP) is 1.47. The predicted molar refractivity (Wildman–Crippen MR) is 78.1 cm³/mol. The standard InChI is InChI=1S/C14H27N3.ClH/c15-7-11-2-1-3-12(6-11)10-17-5-4-13-8-16-9-14(13)17;/h11-14,16H,1-10,15H2;1H/t11-,12+,13-,14+;/m1./s1. The molecule has 1 saturated carbocycles. The second kappa shape index (κ2) is 6.56. The fraction of sp³-hybridized carbons (Fsp3) is 1.00. The molecule has 3 N–H and O–H groups in total. The van der Waals surface area contributed by atoms with Crippen LogP contribution in [-0.2, 0) is 0 Å². The highest BCUT2D eigenvalue weighted by Crippen LogP contribution is 2.33. The lowest BCUT2D eigenvalue weighted by molar-refractivity contribution is 0.166. The van der Waals surface area contributed by atoms with Crippen LogP contribution >= 0.6 is 12.4 Å². The second-order valence-corrected chi connectivity index (χ2v) is 6.40. The first-order valence-corrected chi connectivity index (χ1v) is 7.51. The van der Waals surface area contributed by atoms with Gasteiger partial charge in [0.05, 0.1) is 0 Å². The number of fused-ring (bicyclic) bond motifs is 1. The lowest BCUT2D eigenvalue weighted by Gasteiger charge is -2.33. The lowest BCUT2D eigenvalue weighted by atomic mass is 9.81. The number of likely N-dealkylation sites (tertiary alicyclic amines) is 1. The van der Waals surface area contributed by atoms with E-state index < -0.39 is 0 Å². The van der Waals surface area contributed by atoms with Gasteiger partial charge in [-0.05, 0) is 63.1 Å². The van der Waals surface area contributed by atoms with Crippen molar-refractivity contribution in [2.24, 2.45) is 23.5 Å². The summed E-state index contributed by atoms with van der Waals surface area (Å²) in [6, 6.07) is 0.855. The first-order valence-electron chi connectivity index (χ1n) is 7.51. The normalized spacial score (nSPS) is 40.5. The zero-order valence-corrected chi connectivity index (χ0v) is 12.1. The van der Waals surface area contributed by atoms with Crippen LogP contribution < -0.4 is 11.1 Å². The minimum atomic E-state index is 0. The maximum atomic E-state index is 5.84. The van der Waals surface area contributed by atoms with Crippen molar-refractivity contribution in [2.75, 3.05) is 32.7 Å². The summed E-state index contributed by atoms with van der Waals surface area (Å²) in [5.74, 6) is 2.69. The summed E-state index contributed by atoms with van der Waals surface area (Å²) in [5, 5.41) is 3.55. The van der Waals surface area contributed by atoms with Crippen LogP contribution in [0.5, 0.6) is 0 Å². The number of hydrogen-bond acceptors (Lipinski definition) is 3. The summed E-state index contributed by atoms with van der Waals surface area (Å²) < 4.78 is 0. The number of nitrogens with two attached hydrogens (primary N) is 1. The third kappa shape index (κ3) is 3.01. The monoisotopic (exact) mass is 273 g/mol. The lowest BCUT2D eigenvalue weighted by Crippen LogP contribution is -2.39. The summed E-state index contributed by atoms with van der Waals surface area (Å²) >= 11 is 0. The number of hydrogen-bond donors (Lipinski definition) is 2. The van der Waals surface area contributed by atoms with Crippen molar-refractivity contribution >= 4 is 12.4 Å². The molecule has 1 aliphatic carbocycles. The molecule has 0 aromatic carbocycles. The topological polar surface area (TPSA) is 41.3 Å². The second-order valence-electron chi connectivity index (χ2n) is 6.40. The highest BCUT2D eigenvalue weighted by atomic mass is 35.5. The summed E-state index contributed by atoms with van der Waals surface area (Å²) in [5.41, 5.74) is 5.84. The van der Waals surface area contributed by atoms with Gasteiger partial charge in [0.2, 0.25) is 0 Å². The summed E-state index contributed by atoms with van der Waals surface area (Å²) in [7, 11) is 0. The molecule has 3 rings (SSSR count). The Bertz CT molecular complexity index is 261. The average molecular weight is 274 g/mol. The molecule has 18 heavy (non-hydrogen) atoms. The van der Waals surface area contributed by atoms with Gasteiger partial charge in [-0.15, -0.1) is 12.4 Å². The van der Waals surface area contributed by atoms with Gasteiger partial charge in [-0.25, -0.2) is 0 Å². The molecule has 0 spiro atoms. The summed E-state index contributed by atoms with van der Waals surface area (Å²) in [6.07, 6.45) is 7.04. The summed E-state index contributed by atoms with van der Waals surface area (Å²) in [6.45, 7) is 6.10. The van der Waals surface area contributed by atoms with Gasteiger partial charge in [0.1, 0.15) is 0 Å². The Labute approximate surface area is 117 Å². The van der Waals surface area contributed by atoms with Crippen LogP contribution in [0.25, 0.3) is 0 Å². The average Bonchev–Trinajstić information content (AvgIpc) is 2.94. The molecule has 0 bridgehead atoms. The number of nitrogens with zero attached hydrogens (tertiary/aromatic N) is 1. The molecule has 106 valence electrons. The van der Waals surface area contributed by atoms with Crippen molar-refractivity contribution in [3.8, 4) is 0 Å². The van der Waals surface area contributed by atoms with Gasteiger partial charge in [0.25, 0.3) is 0 Å². The molecule has 0 unspecified atom stereocenters. The molecule has 0 aromatic rings. The van der Waals surface area contributed by atoms with E-state index in [4.69, 9.17) is 5.73 Å². The third-order valence-electron chi connectivity index (χ3n) is 5.28. The Balaban J connectivity index is 0.00000120. The molecule has 2 saturated heterocycles. The van der Waals surface area contributed by atoms with Crippen molar-refractivity contribution in [2.45, 2.75) is 38.1 Å². The molecule has 2 aliphatic heterocycles. The molecular weight excluding hydrogens is 246 g/mol. The fourth-order valence-electron chi connectivity index (χ4n) is 4.28. The molecule has 0 radical (unpaired) electrons. The van der Waals surface area contributed by atoms with Crippen LogP contribution in [-0.4, -0.2) is 43.7 Å². The van der Waals surface area contributed by atoms with E-state index in [0.717, 1.165) is 30.3 Å². The van der Waals surface area contributed by atoms with E-state index >= 15 is 0 Å². The molecular formula is C14H28ClN3. The Morgan fingerprint density at radius 1 is 1.11 bits per heavy atom. The van der Waals surface area contributed by atoms with Gasteiger partial charge in [-0.1, -0.05) is 6.42 Å². The Morgan fingerprint density at radius 3 is 2.78 bits per heavy atom. The molecule has 4 atom stereocenters. The van der Waals surface area contributed by atoms with E-state index in [-0.39, 0.29) is 12.4 Å². The van der Waals surface area contributed by atoms with Gasteiger partial charge in [0.15, 0.2) is 0 Å². The van der Waals surface area contributed by atoms with Gasteiger partial charge in [0, 0.05) is 19.1 Å². The molecule has 3 fully saturated rings. The van der Waals surface area contributed by atoms with Crippen molar-refractivity contribution in [3.63, 3.8) is 0 Å². The van der Waals surface area contributed by atoms with Crippen molar-refractivity contribution in [1.82, 2.24) is 10.2 Å². The van der Waals surface area contributed by atoms with E-state index in [9.17, 15) is 0 Å². The molecule has 3 aliphatic rings. The highest BCUT2D eigenvalue weighted by molar-refractivity contribution is 5.85. The number of halogens is 1. The molecule has 4 heteroatoms. The SMILES string of the molecule is Cl.NC[C@@H]1CCC[C@H](CN2CC[C@@H]3CNC[C@@H]32)C1. The van der Waals surface area contributed by atoms with Crippen LogP contribution in [0.4, 0.5) is 0 Å². The van der Waals surface area contributed by atoms with Gasteiger partial charge < -0.3 is 11.1 Å². The number of rotatable bonds is 3. The Morgan fingerprint density at radius 2 is 1.94 bits per heavy atom. The van der Waals surface area contributed by atoms with E-state index in [1.54, 1.807) is 0 Å². The smallest absolute Gasteiger partial charge is 0.0261 e. The van der Waals surface area contributed by atoms with Crippen LogP contribution in [0.15, 0.2) is 0 Å². The van der Waals surface area contributed by atoms with Crippen LogP contribution in [0, 0.1) is 17.8 Å². The zero-order valence-electron chi connectivity index (χ0n) is 11.3. The van der Waals surface area contributed by atoms with Crippen molar-refractivity contribution in [1.29, 1.82) is 0 Å². The molecule has 2 heterocycles. The van der Waals surface area contributed by atoms with E-state index in [0.29, 0.717) is 0 Å².